The number of H-pyrrole nitrogens is 1. The van der Waals surface area contributed by atoms with Gasteiger partial charge in [-0.2, -0.15) is 0 Å². The first-order valence-corrected chi connectivity index (χ1v) is 6.45. The number of carbonyl (C=O) groups excluding carboxylic acids is 1. The van der Waals surface area contributed by atoms with Gasteiger partial charge in [-0.25, -0.2) is 0 Å². The maximum Gasteiger partial charge on any atom is 0.270 e. The standard InChI is InChI=1S/C12H18ClN3O/c13-9-7-11(15-8-9)12(17)16-6-2-1-3-10(16)4-5-14/h7-8,10,15H,1-6,14H2. The molecular weight excluding hydrogens is 238 g/mol. The van der Waals surface area contributed by atoms with E-state index in [2.05, 4.69) is 4.98 Å². The molecule has 1 aromatic heterocycles. The van der Waals surface area contributed by atoms with E-state index in [1.54, 1.807) is 12.3 Å². The lowest BCUT2D eigenvalue weighted by molar-refractivity contribution is 0.0599. The molecule has 1 unspecified atom stereocenters. The molecule has 0 aromatic carbocycles. The molecular formula is C12H18ClN3O. The predicted octanol–water partition coefficient (Wildman–Crippen LogP) is 2.01. The summed E-state index contributed by atoms with van der Waals surface area (Å²) in [5.74, 6) is 0.0371. The van der Waals surface area contributed by atoms with Crippen LogP contribution in [0.5, 0.6) is 0 Å². The van der Waals surface area contributed by atoms with Crippen LogP contribution in [0.25, 0.3) is 0 Å². The van der Waals surface area contributed by atoms with Crippen molar-refractivity contribution in [3.63, 3.8) is 0 Å². The fourth-order valence-corrected chi connectivity index (χ4v) is 2.57. The molecule has 3 N–H and O–H groups in total. The molecule has 2 heterocycles. The lowest BCUT2D eigenvalue weighted by Gasteiger charge is -2.35. The van der Waals surface area contributed by atoms with Crippen molar-refractivity contribution in [3.05, 3.63) is 23.0 Å². The second kappa shape index (κ2) is 5.56. The molecule has 0 aliphatic carbocycles. The number of rotatable bonds is 3. The van der Waals surface area contributed by atoms with Gasteiger partial charge < -0.3 is 15.6 Å². The molecule has 1 fully saturated rings. The Labute approximate surface area is 106 Å². The van der Waals surface area contributed by atoms with Crippen molar-refractivity contribution < 1.29 is 4.79 Å². The molecule has 4 nitrogen and oxygen atoms in total. The molecule has 0 saturated carbocycles. The average molecular weight is 256 g/mol. The van der Waals surface area contributed by atoms with E-state index in [0.717, 1.165) is 25.8 Å². The number of aromatic nitrogens is 1. The van der Waals surface area contributed by atoms with Gasteiger partial charge in [0.1, 0.15) is 5.69 Å². The summed E-state index contributed by atoms with van der Waals surface area (Å²) in [4.78, 5) is 17.1. The van der Waals surface area contributed by atoms with Gasteiger partial charge in [-0.3, -0.25) is 4.79 Å². The molecule has 2 rings (SSSR count). The van der Waals surface area contributed by atoms with Crippen LogP contribution in [-0.2, 0) is 0 Å². The quantitative estimate of drug-likeness (QED) is 0.868. The third kappa shape index (κ3) is 2.82. The largest absolute Gasteiger partial charge is 0.356 e. The van der Waals surface area contributed by atoms with E-state index in [9.17, 15) is 4.79 Å². The molecule has 0 bridgehead atoms. The van der Waals surface area contributed by atoms with Crippen LogP contribution in [0.4, 0.5) is 0 Å². The van der Waals surface area contributed by atoms with Gasteiger partial charge in [-0.15, -0.1) is 0 Å². The summed E-state index contributed by atoms with van der Waals surface area (Å²) < 4.78 is 0. The summed E-state index contributed by atoms with van der Waals surface area (Å²) >= 11 is 5.82. The smallest absolute Gasteiger partial charge is 0.270 e. The predicted molar refractivity (Wildman–Crippen MR) is 68.1 cm³/mol. The van der Waals surface area contributed by atoms with Crippen molar-refractivity contribution in [1.29, 1.82) is 0 Å². The summed E-state index contributed by atoms with van der Waals surface area (Å²) in [6.07, 6.45) is 5.81. The number of likely N-dealkylation sites (tertiary alicyclic amines) is 1. The fraction of sp³-hybridized carbons (Fsp3) is 0.583. The average Bonchev–Trinajstić information content (AvgIpc) is 2.76. The number of nitrogens with zero attached hydrogens (tertiary/aromatic N) is 1. The van der Waals surface area contributed by atoms with Gasteiger partial charge in [-0.1, -0.05) is 11.6 Å². The van der Waals surface area contributed by atoms with Crippen LogP contribution in [0, 0.1) is 0 Å². The SMILES string of the molecule is NCCC1CCCCN1C(=O)c1cc(Cl)c[nH]1. The number of amides is 1. The van der Waals surface area contributed by atoms with Gasteiger partial charge in [-0.05, 0) is 38.3 Å². The van der Waals surface area contributed by atoms with E-state index in [-0.39, 0.29) is 11.9 Å². The summed E-state index contributed by atoms with van der Waals surface area (Å²) in [7, 11) is 0. The first-order valence-electron chi connectivity index (χ1n) is 6.07. The van der Waals surface area contributed by atoms with Crippen molar-refractivity contribution in [2.75, 3.05) is 13.1 Å². The number of carbonyl (C=O) groups is 1. The van der Waals surface area contributed by atoms with Gasteiger partial charge in [0.05, 0.1) is 5.02 Å². The summed E-state index contributed by atoms with van der Waals surface area (Å²) in [5.41, 5.74) is 6.17. The van der Waals surface area contributed by atoms with Crippen molar-refractivity contribution >= 4 is 17.5 Å². The second-order valence-corrected chi connectivity index (χ2v) is 4.89. The van der Waals surface area contributed by atoms with E-state index < -0.39 is 0 Å². The molecule has 1 amide bonds. The van der Waals surface area contributed by atoms with Crippen molar-refractivity contribution in [1.82, 2.24) is 9.88 Å². The molecule has 1 atom stereocenters. The normalized spacial score (nSPS) is 20.6. The summed E-state index contributed by atoms with van der Waals surface area (Å²) in [5, 5.41) is 0.570. The van der Waals surface area contributed by atoms with E-state index >= 15 is 0 Å². The van der Waals surface area contributed by atoms with Crippen molar-refractivity contribution in [3.8, 4) is 0 Å². The monoisotopic (exact) mass is 255 g/mol. The molecule has 0 radical (unpaired) electrons. The van der Waals surface area contributed by atoms with Crippen molar-refractivity contribution in [2.24, 2.45) is 5.73 Å². The van der Waals surface area contributed by atoms with Crippen LogP contribution >= 0.6 is 11.6 Å². The summed E-state index contributed by atoms with van der Waals surface area (Å²) in [6.45, 7) is 1.44. The third-order valence-electron chi connectivity index (χ3n) is 3.27. The molecule has 1 aromatic rings. The number of halogens is 1. The Morgan fingerprint density at radius 3 is 3.06 bits per heavy atom. The Balaban J connectivity index is 2.10. The number of piperidine rings is 1. The highest BCUT2D eigenvalue weighted by atomic mass is 35.5. The Morgan fingerprint density at radius 1 is 1.59 bits per heavy atom. The van der Waals surface area contributed by atoms with Gasteiger partial charge in [0, 0.05) is 18.8 Å². The van der Waals surface area contributed by atoms with Gasteiger partial charge in [0.25, 0.3) is 5.91 Å². The van der Waals surface area contributed by atoms with E-state index in [4.69, 9.17) is 17.3 Å². The van der Waals surface area contributed by atoms with E-state index in [1.807, 2.05) is 4.90 Å². The Bertz CT molecular complexity index is 389. The topological polar surface area (TPSA) is 62.1 Å². The fourth-order valence-electron chi connectivity index (χ4n) is 2.41. The van der Waals surface area contributed by atoms with Crippen LogP contribution in [0.15, 0.2) is 12.3 Å². The zero-order chi connectivity index (χ0) is 12.3. The highest BCUT2D eigenvalue weighted by Crippen LogP contribution is 2.22. The molecule has 1 aliphatic rings. The second-order valence-electron chi connectivity index (χ2n) is 4.46. The van der Waals surface area contributed by atoms with Crippen LogP contribution in [0.3, 0.4) is 0 Å². The maximum absolute atomic E-state index is 12.3. The molecule has 1 aliphatic heterocycles. The highest BCUT2D eigenvalue weighted by molar-refractivity contribution is 6.30. The zero-order valence-electron chi connectivity index (χ0n) is 9.79. The molecule has 17 heavy (non-hydrogen) atoms. The van der Waals surface area contributed by atoms with Crippen LogP contribution in [0.2, 0.25) is 5.02 Å². The van der Waals surface area contributed by atoms with Gasteiger partial charge in [0.2, 0.25) is 0 Å². The lowest BCUT2D eigenvalue weighted by Crippen LogP contribution is -2.44. The van der Waals surface area contributed by atoms with Crippen LogP contribution in [-0.4, -0.2) is 34.9 Å². The third-order valence-corrected chi connectivity index (χ3v) is 3.48. The minimum Gasteiger partial charge on any atom is -0.356 e. The molecule has 0 spiro atoms. The van der Waals surface area contributed by atoms with E-state index in [0.29, 0.717) is 17.3 Å². The molecule has 5 heteroatoms. The number of hydrogen-bond acceptors (Lipinski definition) is 2. The Kier molecular flexibility index (Phi) is 4.07. The molecule has 94 valence electrons. The minimum absolute atomic E-state index is 0.0371. The number of aromatic amines is 1. The van der Waals surface area contributed by atoms with Gasteiger partial charge in [0.15, 0.2) is 0 Å². The Hall–Kier alpha value is -1.00. The summed E-state index contributed by atoms with van der Waals surface area (Å²) in [6, 6.07) is 1.96. The van der Waals surface area contributed by atoms with Gasteiger partial charge >= 0.3 is 0 Å². The lowest BCUT2D eigenvalue weighted by atomic mass is 9.99. The van der Waals surface area contributed by atoms with Crippen LogP contribution in [0.1, 0.15) is 36.2 Å². The van der Waals surface area contributed by atoms with Crippen molar-refractivity contribution in [2.45, 2.75) is 31.7 Å². The van der Waals surface area contributed by atoms with E-state index in [1.165, 1.54) is 6.42 Å². The minimum atomic E-state index is 0.0371. The number of hydrogen-bond donors (Lipinski definition) is 2. The highest BCUT2D eigenvalue weighted by Gasteiger charge is 2.27. The number of nitrogens with two attached hydrogens (primary N) is 1. The zero-order valence-corrected chi connectivity index (χ0v) is 10.5. The maximum atomic E-state index is 12.3. The first-order chi connectivity index (χ1) is 8.22. The Morgan fingerprint density at radius 2 is 2.41 bits per heavy atom. The molecule has 1 saturated heterocycles. The first kappa shape index (κ1) is 12.5. The van der Waals surface area contributed by atoms with Crippen LogP contribution < -0.4 is 5.73 Å². The number of nitrogens with one attached hydrogen (secondary N) is 1.